The molecule has 4 rings (SSSR count). The summed E-state index contributed by atoms with van der Waals surface area (Å²) < 4.78 is 2.16. The quantitative estimate of drug-likeness (QED) is 0.807. The summed E-state index contributed by atoms with van der Waals surface area (Å²) in [5, 5.41) is 13.6. The molecule has 0 aliphatic carbocycles. The van der Waals surface area contributed by atoms with E-state index in [0.29, 0.717) is 12.1 Å². The zero-order valence-electron chi connectivity index (χ0n) is 13.5. The maximum Gasteiger partial charge on any atom is 0.252 e. The lowest BCUT2D eigenvalue weighted by atomic mass is 10.0. The number of carbonyl (C=O) groups excluding carboxylic acids is 1. The molecule has 0 fully saturated rings. The van der Waals surface area contributed by atoms with Crippen LogP contribution < -0.4 is 5.32 Å². The van der Waals surface area contributed by atoms with Crippen molar-refractivity contribution in [2.75, 3.05) is 0 Å². The van der Waals surface area contributed by atoms with Gasteiger partial charge in [0.1, 0.15) is 5.82 Å². The lowest BCUT2D eigenvalue weighted by Gasteiger charge is -2.09. The topological polar surface area (TPSA) is 59.8 Å². The highest BCUT2D eigenvalue weighted by Gasteiger charge is 2.16. The third-order valence-corrected chi connectivity index (χ3v) is 4.63. The number of carbonyl (C=O) groups is 1. The molecule has 0 saturated carbocycles. The summed E-state index contributed by atoms with van der Waals surface area (Å²) in [6, 6.07) is 13.7. The molecule has 1 aliphatic rings. The average molecular weight is 320 g/mol. The van der Waals surface area contributed by atoms with Gasteiger partial charge >= 0.3 is 0 Å². The molecular weight excluding hydrogens is 300 g/mol. The molecule has 1 amide bonds. The highest BCUT2D eigenvalue weighted by molar-refractivity contribution is 6.06. The van der Waals surface area contributed by atoms with E-state index in [1.165, 1.54) is 12.8 Å². The van der Waals surface area contributed by atoms with Gasteiger partial charge in [-0.2, -0.15) is 0 Å². The van der Waals surface area contributed by atoms with E-state index in [2.05, 4.69) is 20.1 Å². The minimum Gasteiger partial charge on any atom is -0.345 e. The number of fused-ring (bicyclic) bond motifs is 2. The Morgan fingerprint density at radius 3 is 2.88 bits per heavy atom. The van der Waals surface area contributed by atoms with Crippen molar-refractivity contribution in [3.05, 3.63) is 59.7 Å². The van der Waals surface area contributed by atoms with Crippen LogP contribution in [-0.2, 0) is 19.5 Å². The third kappa shape index (κ3) is 2.77. The summed E-state index contributed by atoms with van der Waals surface area (Å²) >= 11 is 0. The van der Waals surface area contributed by atoms with Crippen molar-refractivity contribution in [3.63, 3.8) is 0 Å². The standard InChI is InChI=1S/C19H20N4O/c24-19(16-10-6-8-14-7-3-4-9-15(14)16)20-13-18-22-21-17-11-2-1-5-12-23(17)18/h3-4,6-10H,1-2,5,11-13H2,(H,20,24). The Morgan fingerprint density at radius 1 is 1.04 bits per heavy atom. The predicted octanol–water partition coefficient (Wildman–Crippen LogP) is 3.09. The maximum atomic E-state index is 12.6. The molecule has 2 aromatic carbocycles. The van der Waals surface area contributed by atoms with Crippen LogP contribution in [0.2, 0.25) is 0 Å². The second kappa shape index (κ2) is 6.43. The zero-order chi connectivity index (χ0) is 16.4. The van der Waals surface area contributed by atoms with E-state index in [1.807, 2.05) is 42.5 Å². The summed E-state index contributed by atoms with van der Waals surface area (Å²) in [5.41, 5.74) is 0.698. The number of rotatable bonds is 3. The van der Waals surface area contributed by atoms with Crippen LogP contribution in [0.4, 0.5) is 0 Å². The molecular formula is C19H20N4O. The summed E-state index contributed by atoms with van der Waals surface area (Å²) in [7, 11) is 0. The van der Waals surface area contributed by atoms with E-state index in [1.54, 1.807) is 0 Å². The Hall–Kier alpha value is -2.69. The molecule has 5 heteroatoms. The lowest BCUT2D eigenvalue weighted by molar-refractivity contribution is 0.0951. The fourth-order valence-electron chi connectivity index (χ4n) is 3.35. The van der Waals surface area contributed by atoms with Gasteiger partial charge in [0.15, 0.2) is 5.82 Å². The predicted molar refractivity (Wildman–Crippen MR) is 92.7 cm³/mol. The number of nitrogens with one attached hydrogen (secondary N) is 1. The Kier molecular flexibility index (Phi) is 3.99. The number of benzene rings is 2. The fourth-order valence-corrected chi connectivity index (χ4v) is 3.35. The molecule has 2 heterocycles. The first-order valence-electron chi connectivity index (χ1n) is 8.50. The molecule has 122 valence electrons. The SMILES string of the molecule is O=C(NCc1nnc2n1CCCCC2)c1cccc2ccccc12. The molecule has 5 nitrogen and oxygen atoms in total. The summed E-state index contributed by atoms with van der Waals surface area (Å²) in [4.78, 5) is 12.6. The molecule has 1 aromatic heterocycles. The van der Waals surface area contributed by atoms with Crippen LogP contribution in [0.5, 0.6) is 0 Å². The smallest absolute Gasteiger partial charge is 0.252 e. The highest BCUT2D eigenvalue weighted by Crippen LogP contribution is 2.19. The number of aryl methyl sites for hydroxylation is 1. The van der Waals surface area contributed by atoms with Gasteiger partial charge in [-0.3, -0.25) is 4.79 Å². The molecule has 24 heavy (non-hydrogen) atoms. The Morgan fingerprint density at radius 2 is 1.92 bits per heavy atom. The molecule has 0 bridgehead atoms. The van der Waals surface area contributed by atoms with Crippen LogP contribution in [-0.4, -0.2) is 20.7 Å². The lowest BCUT2D eigenvalue weighted by Crippen LogP contribution is -2.25. The van der Waals surface area contributed by atoms with Crippen LogP contribution in [0.1, 0.15) is 41.3 Å². The minimum absolute atomic E-state index is 0.0715. The fraction of sp³-hybridized carbons (Fsp3) is 0.316. The van der Waals surface area contributed by atoms with Crippen LogP contribution in [0.3, 0.4) is 0 Å². The first kappa shape index (κ1) is 14.9. The molecule has 1 N–H and O–H groups in total. The van der Waals surface area contributed by atoms with Gasteiger partial charge in [0.05, 0.1) is 6.54 Å². The largest absolute Gasteiger partial charge is 0.345 e. The molecule has 1 aliphatic heterocycles. The van der Waals surface area contributed by atoms with Gasteiger partial charge in [-0.25, -0.2) is 0 Å². The van der Waals surface area contributed by atoms with Crippen LogP contribution in [0.15, 0.2) is 42.5 Å². The molecule has 3 aromatic rings. The first-order valence-corrected chi connectivity index (χ1v) is 8.50. The molecule has 0 atom stereocenters. The molecule has 0 spiro atoms. The second-order valence-corrected chi connectivity index (χ2v) is 6.20. The summed E-state index contributed by atoms with van der Waals surface area (Å²) in [6.45, 7) is 1.36. The van der Waals surface area contributed by atoms with Gasteiger partial charge in [0.2, 0.25) is 0 Å². The Labute approximate surface area is 140 Å². The number of hydrogen-bond donors (Lipinski definition) is 1. The first-order chi connectivity index (χ1) is 11.8. The summed E-state index contributed by atoms with van der Waals surface area (Å²) in [6.07, 6.45) is 4.52. The summed E-state index contributed by atoms with van der Waals surface area (Å²) in [5.74, 6) is 1.82. The number of amides is 1. The minimum atomic E-state index is -0.0715. The van der Waals surface area contributed by atoms with Crippen LogP contribution in [0.25, 0.3) is 10.8 Å². The van der Waals surface area contributed by atoms with E-state index < -0.39 is 0 Å². The van der Waals surface area contributed by atoms with Crippen LogP contribution in [0, 0.1) is 0 Å². The zero-order valence-corrected chi connectivity index (χ0v) is 13.5. The van der Waals surface area contributed by atoms with Crippen molar-refractivity contribution in [1.82, 2.24) is 20.1 Å². The average Bonchev–Trinajstić information content (AvgIpc) is 2.85. The van der Waals surface area contributed by atoms with E-state index in [9.17, 15) is 4.79 Å². The normalized spacial score (nSPS) is 14.2. The van der Waals surface area contributed by atoms with Crippen molar-refractivity contribution in [2.24, 2.45) is 0 Å². The second-order valence-electron chi connectivity index (χ2n) is 6.20. The maximum absolute atomic E-state index is 12.6. The van der Waals surface area contributed by atoms with E-state index >= 15 is 0 Å². The van der Waals surface area contributed by atoms with Crippen molar-refractivity contribution >= 4 is 16.7 Å². The number of hydrogen-bond acceptors (Lipinski definition) is 3. The van der Waals surface area contributed by atoms with E-state index in [4.69, 9.17) is 0 Å². The van der Waals surface area contributed by atoms with E-state index in [-0.39, 0.29) is 5.91 Å². The number of aromatic nitrogens is 3. The van der Waals surface area contributed by atoms with Crippen molar-refractivity contribution in [1.29, 1.82) is 0 Å². The van der Waals surface area contributed by atoms with Gasteiger partial charge in [-0.1, -0.05) is 42.8 Å². The highest BCUT2D eigenvalue weighted by atomic mass is 16.1. The Balaban J connectivity index is 1.54. The third-order valence-electron chi connectivity index (χ3n) is 4.63. The Bertz CT molecular complexity index is 879. The van der Waals surface area contributed by atoms with Gasteiger partial charge in [-0.05, 0) is 29.7 Å². The van der Waals surface area contributed by atoms with Crippen LogP contribution >= 0.6 is 0 Å². The van der Waals surface area contributed by atoms with Crippen molar-refractivity contribution in [3.8, 4) is 0 Å². The van der Waals surface area contributed by atoms with Gasteiger partial charge in [0, 0.05) is 18.5 Å². The van der Waals surface area contributed by atoms with Gasteiger partial charge in [0.25, 0.3) is 5.91 Å². The van der Waals surface area contributed by atoms with E-state index in [0.717, 1.165) is 41.8 Å². The number of nitrogens with zero attached hydrogens (tertiary/aromatic N) is 3. The molecule has 0 radical (unpaired) electrons. The van der Waals surface area contributed by atoms with Gasteiger partial charge in [-0.15, -0.1) is 10.2 Å². The van der Waals surface area contributed by atoms with Gasteiger partial charge < -0.3 is 9.88 Å². The monoisotopic (exact) mass is 320 g/mol. The van der Waals surface area contributed by atoms with Crippen molar-refractivity contribution in [2.45, 2.75) is 38.8 Å². The molecule has 0 unspecified atom stereocenters. The molecule has 0 saturated heterocycles. The van der Waals surface area contributed by atoms with Crippen molar-refractivity contribution < 1.29 is 4.79 Å².